The molecule has 1 unspecified atom stereocenters. The number of aromatic nitrogens is 1. The highest BCUT2D eigenvalue weighted by molar-refractivity contribution is 7.80. The molecule has 0 amide bonds. The van der Waals surface area contributed by atoms with Gasteiger partial charge in [0.2, 0.25) is 6.79 Å². The van der Waals surface area contributed by atoms with E-state index >= 15 is 0 Å². The number of ether oxygens (including phenoxy) is 3. The van der Waals surface area contributed by atoms with Crippen LogP contribution in [-0.4, -0.2) is 41.0 Å². The number of nitrogens with one attached hydrogen (secondary N) is 2. The van der Waals surface area contributed by atoms with Gasteiger partial charge in [-0.3, -0.25) is 4.79 Å². The molecule has 2 N–H and O–H groups in total. The zero-order valence-electron chi connectivity index (χ0n) is 18.6. The average molecular weight is 466 g/mol. The molecule has 7 nitrogen and oxygen atoms in total. The molecule has 0 bridgehead atoms. The van der Waals surface area contributed by atoms with Crippen LogP contribution in [0.25, 0.3) is 10.9 Å². The molecular formula is C25H27N3O4S. The van der Waals surface area contributed by atoms with Crippen molar-refractivity contribution >= 4 is 28.2 Å². The first-order valence-corrected chi connectivity index (χ1v) is 11.6. The molecule has 8 heteroatoms. The molecule has 0 saturated carbocycles. The summed E-state index contributed by atoms with van der Waals surface area (Å²) in [7, 11) is 0. The molecule has 5 rings (SSSR count). The number of benzene rings is 2. The highest BCUT2D eigenvalue weighted by atomic mass is 32.1. The van der Waals surface area contributed by atoms with Crippen LogP contribution in [0.15, 0.2) is 47.3 Å². The minimum atomic E-state index is -0.102. The van der Waals surface area contributed by atoms with Crippen molar-refractivity contribution < 1.29 is 14.2 Å². The van der Waals surface area contributed by atoms with Crippen molar-refractivity contribution in [1.29, 1.82) is 0 Å². The van der Waals surface area contributed by atoms with Crippen LogP contribution in [0.2, 0.25) is 0 Å². The van der Waals surface area contributed by atoms with E-state index < -0.39 is 0 Å². The summed E-state index contributed by atoms with van der Waals surface area (Å²) in [6.45, 7) is 4.59. The van der Waals surface area contributed by atoms with Crippen LogP contribution in [0.5, 0.6) is 11.5 Å². The number of fused-ring (bicyclic) bond motifs is 2. The third-order valence-corrected chi connectivity index (χ3v) is 6.53. The summed E-state index contributed by atoms with van der Waals surface area (Å²) in [5, 5.41) is 4.94. The van der Waals surface area contributed by atoms with Crippen LogP contribution < -0.4 is 20.3 Å². The van der Waals surface area contributed by atoms with Crippen LogP contribution in [0.1, 0.15) is 29.5 Å². The molecule has 1 aromatic heterocycles. The minimum Gasteiger partial charge on any atom is -0.454 e. The van der Waals surface area contributed by atoms with E-state index in [1.165, 1.54) is 0 Å². The number of aromatic amines is 1. The number of aryl methyl sites for hydroxylation is 1. The second kappa shape index (κ2) is 9.41. The molecule has 0 aliphatic carbocycles. The Bertz CT molecular complexity index is 1240. The van der Waals surface area contributed by atoms with Crippen molar-refractivity contribution in [2.45, 2.75) is 39.0 Å². The van der Waals surface area contributed by atoms with Gasteiger partial charge in [0.1, 0.15) is 0 Å². The molecule has 2 aliphatic rings. The van der Waals surface area contributed by atoms with Gasteiger partial charge in [-0.2, -0.15) is 0 Å². The second-order valence-electron chi connectivity index (χ2n) is 8.53. The van der Waals surface area contributed by atoms with Crippen molar-refractivity contribution in [2.24, 2.45) is 0 Å². The van der Waals surface area contributed by atoms with Gasteiger partial charge in [-0.05, 0) is 66.7 Å². The van der Waals surface area contributed by atoms with E-state index in [0.29, 0.717) is 30.3 Å². The van der Waals surface area contributed by atoms with Crippen molar-refractivity contribution in [3.63, 3.8) is 0 Å². The Labute approximate surface area is 197 Å². The summed E-state index contributed by atoms with van der Waals surface area (Å²) in [6, 6.07) is 13.8. The second-order valence-corrected chi connectivity index (χ2v) is 8.91. The Morgan fingerprint density at radius 1 is 1.18 bits per heavy atom. The lowest BCUT2D eigenvalue weighted by molar-refractivity contribution is 0.113. The fraction of sp³-hybridized carbons (Fsp3) is 0.360. The van der Waals surface area contributed by atoms with E-state index in [1.807, 2.05) is 54.3 Å². The van der Waals surface area contributed by atoms with Gasteiger partial charge in [0.05, 0.1) is 18.2 Å². The number of nitrogens with zero attached hydrogens (tertiary/aromatic N) is 1. The maximum atomic E-state index is 12.9. The fourth-order valence-electron chi connectivity index (χ4n) is 4.33. The number of H-pyrrole nitrogens is 1. The lowest BCUT2D eigenvalue weighted by Gasteiger charge is -2.27. The van der Waals surface area contributed by atoms with E-state index in [9.17, 15) is 4.79 Å². The van der Waals surface area contributed by atoms with E-state index in [2.05, 4.69) is 10.3 Å². The van der Waals surface area contributed by atoms with Gasteiger partial charge < -0.3 is 29.4 Å². The summed E-state index contributed by atoms with van der Waals surface area (Å²) >= 11 is 5.76. The summed E-state index contributed by atoms with van der Waals surface area (Å²) in [5.41, 5.74) is 3.49. The monoisotopic (exact) mass is 465 g/mol. The van der Waals surface area contributed by atoms with E-state index in [4.69, 9.17) is 26.4 Å². The summed E-state index contributed by atoms with van der Waals surface area (Å²) in [4.78, 5) is 18.0. The molecule has 3 aromatic rings. The molecule has 2 aliphatic heterocycles. The van der Waals surface area contributed by atoms with Gasteiger partial charge in [0, 0.05) is 25.3 Å². The number of hydrogen-bond donors (Lipinski definition) is 2. The SMILES string of the molecule is Cc1cccc2cc(CN(Cc3ccc4c(c3)OCO4)C(=S)NCC3CCCO3)c(=O)[nH]c12. The largest absolute Gasteiger partial charge is 0.454 e. The molecule has 2 aromatic carbocycles. The Hall–Kier alpha value is -3.10. The Morgan fingerprint density at radius 3 is 2.91 bits per heavy atom. The molecule has 33 heavy (non-hydrogen) atoms. The third kappa shape index (κ3) is 4.82. The zero-order valence-corrected chi connectivity index (χ0v) is 19.4. The zero-order chi connectivity index (χ0) is 22.8. The van der Waals surface area contributed by atoms with Gasteiger partial charge in [-0.25, -0.2) is 0 Å². The quantitative estimate of drug-likeness (QED) is 0.539. The first-order chi connectivity index (χ1) is 16.1. The predicted molar refractivity (Wildman–Crippen MR) is 131 cm³/mol. The normalized spacial score (nSPS) is 16.8. The van der Waals surface area contributed by atoms with Crippen LogP contribution in [0, 0.1) is 6.92 Å². The number of hydrogen-bond acceptors (Lipinski definition) is 5. The summed E-state index contributed by atoms with van der Waals surface area (Å²) < 4.78 is 16.7. The van der Waals surface area contributed by atoms with Crippen molar-refractivity contribution in [2.75, 3.05) is 19.9 Å². The first kappa shape index (κ1) is 21.7. The van der Waals surface area contributed by atoms with E-state index in [1.54, 1.807) is 0 Å². The Morgan fingerprint density at radius 2 is 2.06 bits per heavy atom. The smallest absolute Gasteiger partial charge is 0.253 e. The third-order valence-electron chi connectivity index (χ3n) is 6.13. The minimum absolute atomic E-state index is 0.102. The van der Waals surface area contributed by atoms with Gasteiger partial charge in [-0.1, -0.05) is 24.3 Å². The maximum absolute atomic E-state index is 12.9. The predicted octanol–water partition coefficient (Wildman–Crippen LogP) is 3.62. The summed E-state index contributed by atoms with van der Waals surface area (Å²) in [5.74, 6) is 1.47. The standard InChI is InChI=1S/C25H27N3O4S/c1-16-4-2-5-18-11-19(24(29)27-23(16)18)14-28(25(33)26-12-20-6-3-9-30-20)13-17-7-8-21-22(10-17)32-15-31-21/h2,4-5,7-8,10-11,20H,3,6,9,12-15H2,1H3,(H,26,33)(H,27,29). The Kier molecular flexibility index (Phi) is 6.20. The van der Waals surface area contributed by atoms with Gasteiger partial charge in [0.15, 0.2) is 16.6 Å². The topological polar surface area (TPSA) is 75.8 Å². The average Bonchev–Trinajstić information content (AvgIpc) is 3.50. The van der Waals surface area contributed by atoms with Crippen molar-refractivity contribution in [3.8, 4) is 11.5 Å². The van der Waals surface area contributed by atoms with Gasteiger partial charge in [-0.15, -0.1) is 0 Å². The lowest BCUT2D eigenvalue weighted by atomic mass is 10.1. The Balaban J connectivity index is 1.40. The van der Waals surface area contributed by atoms with Gasteiger partial charge >= 0.3 is 0 Å². The van der Waals surface area contributed by atoms with Crippen molar-refractivity contribution in [1.82, 2.24) is 15.2 Å². The number of para-hydroxylation sites is 1. The first-order valence-electron chi connectivity index (χ1n) is 11.2. The highest BCUT2D eigenvalue weighted by Gasteiger charge is 2.20. The molecule has 3 heterocycles. The highest BCUT2D eigenvalue weighted by Crippen LogP contribution is 2.33. The van der Waals surface area contributed by atoms with E-state index in [-0.39, 0.29) is 18.5 Å². The van der Waals surface area contributed by atoms with Crippen LogP contribution in [0.4, 0.5) is 0 Å². The summed E-state index contributed by atoms with van der Waals surface area (Å²) in [6.07, 6.45) is 2.27. The molecule has 1 saturated heterocycles. The number of rotatable bonds is 6. The number of thiocarbonyl (C=S) groups is 1. The molecule has 1 atom stereocenters. The molecule has 1 fully saturated rings. The van der Waals surface area contributed by atoms with Crippen LogP contribution in [-0.2, 0) is 17.8 Å². The van der Waals surface area contributed by atoms with Crippen LogP contribution >= 0.6 is 12.2 Å². The van der Waals surface area contributed by atoms with Crippen molar-refractivity contribution in [3.05, 3.63) is 69.5 Å². The van der Waals surface area contributed by atoms with E-state index in [0.717, 1.165) is 53.0 Å². The molecule has 172 valence electrons. The van der Waals surface area contributed by atoms with Gasteiger partial charge in [0.25, 0.3) is 5.56 Å². The molecule has 0 spiro atoms. The number of pyridine rings is 1. The maximum Gasteiger partial charge on any atom is 0.253 e. The molecule has 0 radical (unpaired) electrons. The fourth-order valence-corrected chi connectivity index (χ4v) is 4.54. The van der Waals surface area contributed by atoms with Crippen LogP contribution in [0.3, 0.4) is 0 Å². The lowest BCUT2D eigenvalue weighted by Crippen LogP contribution is -2.42. The molecular weight excluding hydrogens is 438 g/mol.